The molecule has 0 radical (unpaired) electrons. The maximum atomic E-state index is 15.4. The molecule has 5 nitrogen and oxygen atoms in total. The molecule has 0 atom stereocenters. The normalized spacial score (nSPS) is 15.4. The molecule has 8 heteroatoms. The summed E-state index contributed by atoms with van der Waals surface area (Å²) in [6.45, 7) is 1.64. The van der Waals surface area contributed by atoms with Crippen LogP contribution in [0.15, 0.2) is 36.7 Å². The topological polar surface area (TPSA) is 59.1 Å². The highest BCUT2D eigenvalue weighted by Gasteiger charge is 2.28. The van der Waals surface area contributed by atoms with E-state index in [2.05, 4.69) is 20.6 Å². The minimum atomic E-state index is -1.29. The van der Waals surface area contributed by atoms with Crippen LogP contribution in [-0.2, 0) is 0 Å². The summed E-state index contributed by atoms with van der Waals surface area (Å²) < 4.78 is 50.9. The van der Waals surface area contributed by atoms with Gasteiger partial charge in [-0.05, 0) is 61.8 Å². The van der Waals surface area contributed by atoms with Crippen LogP contribution in [0.25, 0.3) is 22.3 Å². The third-order valence-corrected chi connectivity index (χ3v) is 6.12. The van der Waals surface area contributed by atoms with Gasteiger partial charge in [-0.15, -0.1) is 0 Å². The molecule has 2 aliphatic carbocycles. The second kappa shape index (κ2) is 8.92. The van der Waals surface area contributed by atoms with Crippen LogP contribution in [0.1, 0.15) is 25.7 Å². The van der Waals surface area contributed by atoms with Gasteiger partial charge in [-0.3, -0.25) is 0 Å². The fraction of sp³-hybridized carbons (Fsp3) is 0.360. The van der Waals surface area contributed by atoms with E-state index in [4.69, 9.17) is 4.74 Å². The van der Waals surface area contributed by atoms with Gasteiger partial charge in [0.05, 0.1) is 18.2 Å². The van der Waals surface area contributed by atoms with Crippen molar-refractivity contribution in [3.8, 4) is 28.0 Å². The predicted octanol–water partition coefficient (Wildman–Crippen LogP) is 5.88. The zero-order valence-electron chi connectivity index (χ0n) is 18.3. The Balaban J connectivity index is 1.45. The van der Waals surface area contributed by atoms with Gasteiger partial charge in [-0.2, -0.15) is 0 Å². The molecule has 172 valence electrons. The number of ether oxygens (including phenoxy) is 1. The molecule has 2 saturated carbocycles. The molecule has 2 fully saturated rings. The Morgan fingerprint density at radius 1 is 0.758 bits per heavy atom. The second-order valence-corrected chi connectivity index (χ2v) is 8.74. The molecule has 2 heterocycles. The number of methoxy groups -OCH3 is 1. The lowest BCUT2D eigenvalue weighted by atomic mass is 9.98. The highest BCUT2D eigenvalue weighted by molar-refractivity contribution is 5.78. The van der Waals surface area contributed by atoms with E-state index in [-0.39, 0.29) is 22.4 Å². The Bertz CT molecular complexity index is 1140. The zero-order valence-corrected chi connectivity index (χ0v) is 18.3. The van der Waals surface area contributed by atoms with E-state index in [0.29, 0.717) is 23.5 Å². The van der Waals surface area contributed by atoms with E-state index in [1.807, 2.05) is 0 Å². The number of aromatic nitrogens is 2. The molecule has 0 saturated heterocycles. The van der Waals surface area contributed by atoms with Crippen LogP contribution < -0.4 is 15.4 Å². The van der Waals surface area contributed by atoms with Crippen LogP contribution in [0, 0.1) is 29.3 Å². The second-order valence-electron chi connectivity index (χ2n) is 8.74. The van der Waals surface area contributed by atoms with Crippen molar-refractivity contribution in [2.75, 3.05) is 30.8 Å². The molecule has 2 aromatic heterocycles. The summed E-state index contributed by atoms with van der Waals surface area (Å²) in [5, 5.41) is 6.40. The number of nitrogens with one attached hydrogen (secondary N) is 2. The summed E-state index contributed by atoms with van der Waals surface area (Å²) >= 11 is 0. The van der Waals surface area contributed by atoms with Crippen molar-refractivity contribution in [2.45, 2.75) is 25.7 Å². The first-order valence-corrected chi connectivity index (χ1v) is 11.2. The van der Waals surface area contributed by atoms with Crippen molar-refractivity contribution in [1.29, 1.82) is 0 Å². The average molecular weight is 454 g/mol. The van der Waals surface area contributed by atoms with Crippen LogP contribution in [0.3, 0.4) is 0 Å². The molecule has 0 bridgehead atoms. The molecule has 0 amide bonds. The van der Waals surface area contributed by atoms with Crippen LogP contribution in [0.2, 0.25) is 0 Å². The number of hydrogen-bond donors (Lipinski definition) is 2. The summed E-state index contributed by atoms with van der Waals surface area (Å²) in [6.07, 6.45) is 7.51. The molecule has 0 aliphatic heterocycles. The number of halogens is 3. The Labute approximate surface area is 190 Å². The minimum absolute atomic E-state index is 0.128. The van der Waals surface area contributed by atoms with E-state index in [1.54, 1.807) is 18.2 Å². The average Bonchev–Trinajstić information content (AvgIpc) is 3.75. The van der Waals surface area contributed by atoms with Crippen molar-refractivity contribution in [3.63, 3.8) is 0 Å². The molecule has 2 aliphatic rings. The third-order valence-electron chi connectivity index (χ3n) is 6.12. The Morgan fingerprint density at radius 3 is 1.67 bits per heavy atom. The van der Waals surface area contributed by atoms with E-state index in [0.717, 1.165) is 13.1 Å². The third kappa shape index (κ3) is 4.60. The molecule has 0 spiro atoms. The number of rotatable bonds is 9. The van der Waals surface area contributed by atoms with Crippen molar-refractivity contribution in [3.05, 3.63) is 54.1 Å². The fourth-order valence-corrected chi connectivity index (χ4v) is 3.78. The summed E-state index contributed by atoms with van der Waals surface area (Å²) in [4.78, 5) is 8.48. The number of pyridine rings is 2. The van der Waals surface area contributed by atoms with Crippen molar-refractivity contribution in [1.82, 2.24) is 9.97 Å². The lowest BCUT2D eigenvalue weighted by Crippen LogP contribution is -2.06. The lowest BCUT2D eigenvalue weighted by molar-refractivity contribution is 0.380. The van der Waals surface area contributed by atoms with Crippen LogP contribution in [0.5, 0.6) is 5.75 Å². The van der Waals surface area contributed by atoms with Gasteiger partial charge in [-0.25, -0.2) is 23.1 Å². The standard InChI is InChI=1S/C25H25F3N4O/c1-33-25-21(17-7-9-19(32-13-17)30-11-15-4-5-15)23(27)22(26)20(24(25)28)16-6-8-18(31-12-16)29-10-14-2-3-14/h6-9,12-15H,2-5,10-11H2,1H3,(H,29,31)(H,30,32). The summed E-state index contributed by atoms with van der Waals surface area (Å²) in [7, 11) is 1.23. The Hall–Kier alpha value is -3.29. The molecular weight excluding hydrogens is 429 g/mol. The molecule has 2 N–H and O–H groups in total. The quantitative estimate of drug-likeness (QED) is 0.396. The van der Waals surface area contributed by atoms with E-state index < -0.39 is 23.0 Å². The minimum Gasteiger partial charge on any atom is -0.493 e. The van der Waals surface area contributed by atoms with E-state index >= 15 is 13.2 Å². The number of nitrogens with zero attached hydrogens (tertiary/aromatic N) is 2. The zero-order chi connectivity index (χ0) is 22.9. The highest BCUT2D eigenvalue weighted by Crippen LogP contribution is 2.42. The molecule has 33 heavy (non-hydrogen) atoms. The summed E-state index contributed by atoms with van der Waals surface area (Å²) in [5.74, 6) is -1.29. The van der Waals surface area contributed by atoms with Crippen molar-refractivity contribution in [2.24, 2.45) is 11.8 Å². The van der Waals surface area contributed by atoms with Crippen LogP contribution >= 0.6 is 0 Å². The number of benzene rings is 1. The van der Waals surface area contributed by atoms with Gasteiger partial charge in [0.2, 0.25) is 0 Å². The van der Waals surface area contributed by atoms with Crippen molar-refractivity contribution < 1.29 is 17.9 Å². The number of anilines is 2. The van der Waals surface area contributed by atoms with Gasteiger partial charge >= 0.3 is 0 Å². The summed E-state index contributed by atoms with van der Waals surface area (Å²) in [5.41, 5.74) is -0.454. The maximum absolute atomic E-state index is 15.4. The highest BCUT2D eigenvalue weighted by atomic mass is 19.2. The Kier molecular flexibility index (Phi) is 5.83. The van der Waals surface area contributed by atoms with Gasteiger partial charge in [0.1, 0.15) is 11.6 Å². The largest absolute Gasteiger partial charge is 0.493 e. The fourth-order valence-electron chi connectivity index (χ4n) is 3.78. The summed E-state index contributed by atoms with van der Waals surface area (Å²) in [6, 6.07) is 6.39. The molecule has 0 unspecified atom stereocenters. The van der Waals surface area contributed by atoms with Gasteiger partial charge < -0.3 is 15.4 Å². The van der Waals surface area contributed by atoms with Gasteiger partial charge in [0, 0.05) is 36.6 Å². The molecule has 1 aromatic carbocycles. The van der Waals surface area contributed by atoms with Gasteiger partial charge in [0.15, 0.2) is 23.2 Å². The smallest absolute Gasteiger partial charge is 0.176 e. The van der Waals surface area contributed by atoms with Crippen LogP contribution in [0.4, 0.5) is 24.8 Å². The van der Waals surface area contributed by atoms with E-state index in [1.165, 1.54) is 51.3 Å². The monoisotopic (exact) mass is 454 g/mol. The molecular formula is C25H25F3N4O. The van der Waals surface area contributed by atoms with Gasteiger partial charge in [-0.1, -0.05) is 0 Å². The first kappa shape index (κ1) is 21.6. The predicted molar refractivity (Wildman–Crippen MR) is 122 cm³/mol. The Morgan fingerprint density at radius 2 is 1.24 bits per heavy atom. The van der Waals surface area contributed by atoms with Crippen molar-refractivity contribution >= 4 is 11.6 Å². The SMILES string of the molecule is COc1c(F)c(-c2ccc(NCC3CC3)nc2)c(F)c(F)c1-c1ccc(NCC2CC2)nc1. The first-order chi connectivity index (χ1) is 16.0. The maximum Gasteiger partial charge on any atom is 0.176 e. The van der Waals surface area contributed by atoms with Crippen LogP contribution in [-0.4, -0.2) is 30.2 Å². The molecule has 3 aromatic rings. The first-order valence-electron chi connectivity index (χ1n) is 11.2. The molecule has 5 rings (SSSR count). The lowest BCUT2D eigenvalue weighted by Gasteiger charge is -2.16. The number of hydrogen-bond acceptors (Lipinski definition) is 5. The van der Waals surface area contributed by atoms with Gasteiger partial charge in [0.25, 0.3) is 0 Å². The van der Waals surface area contributed by atoms with E-state index in [9.17, 15) is 0 Å².